The lowest BCUT2D eigenvalue weighted by Gasteiger charge is -2.34. The number of hydrogen-bond acceptors (Lipinski definition) is 1. The van der Waals surface area contributed by atoms with Crippen molar-refractivity contribution < 1.29 is 0 Å². The van der Waals surface area contributed by atoms with Crippen molar-refractivity contribution in [1.29, 1.82) is 0 Å². The van der Waals surface area contributed by atoms with Crippen molar-refractivity contribution in [3.8, 4) is 0 Å². The van der Waals surface area contributed by atoms with Gasteiger partial charge < -0.3 is 5.32 Å². The molecule has 1 N–H and O–H groups in total. The van der Waals surface area contributed by atoms with Crippen LogP contribution in [0.15, 0.2) is 36.2 Å². The smallest absolute Gasteiger partial charge is 0.0209 e. The third-order valence-electron chi connectivity index (χ3n) is 3.47. The molecule has 0 fully saturated rings. The van der Waals surface area contributed by atoms with Crippen LogP contribution in [0.5, 0.6) is 0 Å². The Morgan fingerprint density at radius 1 is 1.07 bits per heavy atom. The molecule has 1 rings (SSSR count). The number of nitrogens with one attached hydrogen (secondary N) is 1. The topological polar surface area (TPSA) is 12.0 Å². The van der Waals surface area contributed by atoms with E-state index in [1.165, 1.54) is 31.4 Å². The largest absolute Gasteiger partial charge is 0.365 e. The monoisotopic (exact) mass is 205 g/mol. The van der Waals surface area contributed by atoms with Crippen LogP contribution in [-0.2, 0) is 0 Å². The first-order chi connectivity index (χ1) is 7.29. The molecule has 1 aliphatic rings. The summed E-state index contributed by atoms with van der Waals surface area (Å²) in [5.74, 6) is 0. The summed E-state index contributed by atoms with van der Waals surface area (Å²) in [4.78, 5) is 0. The molecular weight excluding hydrogens is 182 g/mol. The van der Waals surface area contributed by atoms with Gasteiger partial charge in [-0.05, 0) is 31.4 Å². The number of hydrogen-bond donors (Lipinski definition) is 1. The fraction of sp³-hybridized carbons (Fsp3) is 0.571. The Bertz CT molecular complexity index is 267. The molecule has 0 aliphatic carbocycles. The maximum Gasteiger partial charge on any atom is 0.0209 e. The van der Waals surface area contributed by atoms with Crippen molar-refractivity contribution >= 4 is 0 Å². The number of allylic oxidation sites excluding steroid dienone is 5. The van der Waals surface area contributed by atoms with Crippen LogP contribution < -0.4 is 5.32 Å². The average Bonchev–Trinajstić information content (AvgIpc) is 2.55. The summed E-state index contributed by atoms with van der Waals surface area (Å²) in [5, 5.41) is 3.43. The molecule has 0 unspecified atom stereocenters. The van der Waals surface area contributed by atoms with Crippen LogP contribution in [0.3, 0.4) is 0 Å². The van der Waals surface area contributed by atoms with Gasteiger partial charge in [0.1, 0.15) is 0 Å². The molecule has 0 radical (unpaired) electrons. The Labute approximate surface area is 94.0 Å². The minimum absolute atomic E-state index is 0.341. The molecule has 0 saturated carbocycles. The van der Waals surface area contributed by atoms with Crippen molar-refractivity contribution in [2.24, 2.45) is 5.41 Å². The molecule has 84 valence electrons. The van der Waals surface area contributed by atoms with E-state index in [9.17, 15) is 0 Å². The standard InChI is InChI=1S/C14H23N/c1-4-11-14(5-2,6-3)13-10-8-7-9-12-15-13/h7-10,12,15H,4-6,11H2,1-3H3. The molecule has 0 spiro atoms. The first-order valence-electron chi connectivity index (χ1n) is 6.09. The molecule has 1 heteroatoms. The van der Waals surface area contributed by atoms with Gasteiger partial charge in [0.15, 0.2) is 0 Å². The summed E-state index contributed by atoms with van der Waals surface area (Å²) >= 11 is 0. The third-order valence-corrected chi connectivity index (χ3v) is 3.47. The second-order valence-corrected chi connectivity index (χ2v) is 4.21. The van der Waals surface area contributed by atoms with E-state index in [1.54, 1.807) is 0 Å². The van der Waals surface area contributed by atoms with Crippen LogP contribution in [0, 0.1) is 5.41 Å². The summed E-state index contributed by atoms with van der Waals surface area (Å²) in [5.41, 5.74) is 1.72. The second-order valence-electron chi connectivity index (χ2n) is 4.21. The van der Waals surface area contributed by atoms with E-state index in [4.69, 9.17) is 0 Å². The maximum absolute atomic E-state index is 3.43. The maximum atomic E-state index is 3.43. The van der Waals surface area contributed by atoms with Crippen LogP contribution in [0.25, 0.3) is 0 Å². The van der Waals surface area contributed by atoms with Gasteiger partial charge in [-0.15, -0.1) is 0 Å². The van der Waals surface area contributed by atoms with Crippen molar-refractivity contribution in [2.45, 2.75) is 46.5 Å². The van der Waals surface area contributed by atoms with Crippen molar-refractivity contribution in [1.82, 2.24) is 5.32 Å². The highest BCUT2D eigenvalue weighted by Crippen LogP contribution is 2.38. The molecule has 0 amide bonds. The van der Waals surface area contributed by atoms with Gasteiger partial charge >= 0.3 is 0 Å². The fourth-order valence-electron chi connectivity index (χ4n) is 2.39. The van der Waals surface area contributed by atoms with Gasteiger partial charge in [0.05, 0.1) is 0 Å². The van der Waals surface area contributed by atoms with Crippen LogP contribution in [0.1, 0.15) is 46.5 Å². The van der Waals surface area contributed by atoms with Crippen LogP contribution in [0.4, 0.5) is 0 Å². The van der Waals surface area contributed by atoms with Gasteiger partial charge in [-0.1, -0.05) is 39.3 Å². The normalized spacial score (nSPS) is 15.8. The molecule has 0 aromatic carbocycles. The van der Waals surface area contributed by atoms with Crippen LogP contribution in [-0.4, -0.2) is 0 Å². The zero-order valence-corrected chi connectivity index (χ0v) is 10.2. The summed E-state index contributed by atoms with van der Waals surface area (Å²) < 4.78 is 0. The quantitative estimate of drug-likeness (QED) is 0.711. The van der Waals surface area contributed by atoms with Crippen molar-refractivity contribution in [3.05, 3.63) is 36.2 Å². The summed E-state index contributed by atoms with van der Waals surface area (Å²) in [6, 6.07) is 0. The van der Waals surface area contributed by atoms with Crippen LogP contribution in [0.2, 0.25) is 0 Å². The highest BCUT2D eigenvalue weighted by Gasteiger charge is 2.29. The Kier molecular flexibility index (Phi) is 4.67. The van der Waals surface area contributed by atoms with E-state index in [2.05, 4.69) is 44.3 Å². The lowest BCUT2D eigenvalue weighted by Crippen LogP contribution is -2.28. The van der Waals surface area contributed by atoms with Crippen molar-refractivity contribution in [2.75, 3.05) is 0 Å². The van der Waals surface area contributed by atoms with E-state index < -0.39 is 0 Å². The predicted octanol–water partition coefficient (Wildman–Crippen LogP) is 4.15. The molecule has 1 nitrogen and oxygen atoms in total. The molecule has 0 saturated heterocycles. The zero-order valence-electron chi connectivity index (χ0n) is 10.2. The fourth-order valence-corrected chi connectivity index (χ4v) is 2.39. The Morgan fingerprint density at radius 2 is 1.80 bits per heavy atom. The van der Waals surface area contributed by atoms with Gasteiger partial charge in [-0.3, -0.25) is 0 Å². The van der Waals surface area contributed by atoms with E-state index in [1.807, 2.05) is 12.3 Å². The first kappa shape index (κ1) is 12.1. The highest BCUT2D eigenvalue weighted by atomic mass is 14.9. The van der Waals surface area contributed by atoms with Crippen LogP contribution >= 0.6 is 0 Å². The molecule has 0 bridgehead atoms. The third kappa shape index (κ3) is 2.74. The van der Waals surface area contributed by atoms with E-state index in [-0.39, 0.29) is 0 Å². The molecule has 0 aromatic heterocycles. The predicted molar refractivity (Wildman–Crippen MR) is 67.4 cm³/mol. The van der Waals surface area contributed by atoms with E-state index in [0.29, 0.717) is 5.41 Å². The molecular formula is C14H23N. The van der Waals surface area contributed by atoms with Gasteiger partial charge in [0, 0.05) is 17.3 Å². The molecule has 0 aromatic rings. The molecule has 1 heterocycles. The van der Waals surface area contributed by atoms with Crippen molar-refractivity contribution in [3.63, 3.8) is 0 Å². The Balaban J connectivity index is 2.91. The average molecular weight is 205 g/mol. The van der Waals surface area contributed by atoms with Gasteiger partial charge in [-0.2, -0.15) is 0 Å². The lowest BCUT2D eigenvalue weighted by atomic mass is 9.75. The summed E-state index contributed by atoms with van der Waals surface area (Å²) in [6.45, 7) is 6.85. The zero-order chi connectivity index (χ0) is 11.1. The van der Waals surface area contributed by atoms with Gasteiger partial charge in [-0.25, -0.2) is 0 Å². The molecule has 1 aliphatic heterocycles. The van der Waals surface area contributed by atoms with E-state index >= 15 is 0 Å². The lowest BCUT2D eigenvalue weighted by molar-refractivity contribution is 0.285. The summed E-state index contributed by atoms with van der Waals surface area (Å²) in [7, 11) is 0. The minimum Gasteiger partial charge on any atom is -0.365 e. The first-order valence-corrected chi connectivity index (χ1v) is 6.09. The van der Waals surface area contributed by atoms with E-state index in [0.717, 1.165) is 0 Å². The minimum atomic E-state index is 0.341. The second kappa shape index (κ2) is 5.79. The number of rotatable bonds is 5. The Morgan fingerprint density at radius 3 is 2.40 bits per heavy atom. The SMILES string of the molecule is CCCC(CC)(CC)C1=CC=CC=CN1. The molecule has 0 atom stereocenters. The van der Waals surface area contributed by atoms with Gasteiger partial charge in [0.2, 0.25) is 0 Å². The summed E-state index contributed by atoms with van der Waals surface area (Å²) in [6.07, 6.45) is 15.4. The Hall–Kier alpha value is -0.980. The molecule has 15 heavy (non-hydrogen) atoms. The highest BCUT2D eigenvalue weighted by molar-refractivity contribution is 5.25. The van der Waals surface area contributed by atoms with Gasteiger partial charge in [0.25, 0.3) is 0 Å².